The van der Waals surface area contributed by atoms with Crippen LogP contribution in [0.5, 0.6) is 0 Å². The summed E-state index contributed by atoms with van der Waals surface area (Å²) in [5.41, 5.74) is 5.09. The third-order valence-corrected chi connectivity index (χ3v) is 3.21. The first-order valence-electron chi connectivity index (χ1n) is 5.71. The number of rotatable bonds is 5. The zero-order valence-electron chi connectivity index (χ0n) is 10.2. The van der Waals surface area contributed by atoms with Gasteiger partial charge in [-0.25, -0.2) is 0 Å². The van der Waals surface area contributed by atoms with Gasteiger partial charge in [-0.1, -0.05) is 0 Å². The third-order valence-electron chi connectivity index (χ3n) is 3.21. The van der Waals surface area contributed by atoms with Gasteiger partial charge < -0.3 is 15.2 Å². The van der Waals surface area contributed by atoms with E-state index in [-0.39, 0.29) is 5.97 Å². The van der Waals surface area contributed by atoms with Gasteiger partial charge in [0.25, 0.3) is 0 Å². The fourth-order valence-electron chi connectivity index (χ4n) is 1.76. The van der Waals surface area contributed by atoms with E-state index in [9.17, 15) is 4.79 Å². The number of esters is 1. The van der Waals surface area contributed by atoms with E-state index in [0.717, 1.165) is 39.3 Å². The highest BCUT2D eigenvalue weighted by Crippen LogP contribution is 2.22. The van der Waals surface area contributed by atoms with Crippen molar-refractivity contribution < 1.29 is 14.3 Å². The minimum Gasteiger partial charge on any atom is -0.469 e. The fourth-order valence-corrected chi connectivity index (χ4v) is 1.76. The molecule has 1 aliphatic rings. The number of ether oxygens (including phenoxy) is 2. The summed E-state index contributed by atoms with van der Waals surface area (Å²) in [5.74, 6) is -0.219. The molecule has 1 aliphatic heterocycles. The molecule has 0 spiro atoms. The van der Waals surface area contributed by atoms with Crippen molar-refractivity contribution in [2.75, 3.05) is 46.5 Å². The predicted molar refractivity (Wildman–Crippen MR) is 61.1 cm³/mol. The molecule has 1 atom stereocenters. The first kappa shape index (κ1) is 13.4. The Hall–Kier alpha value is -0.650. The molecule has 1 saturated heterocycles. The summed E-state index contributed by atoms with van der Waals surface area (Å²) in [5, 5.41) is 0. The van der Waals surface area contributed by atoms with Crippen LogP contribution in [0.1, 0.15) is 13.3 Å². The topological polar surface area (TPSA) is 64.8 Å². The molecule has 16 heavy (non-hydrogen) atoms. The third kappa shape index (κ3) is 3.43. The highest BCUT2D eigenvalue weighted by atomic mass is 16.5. The lowest BCUT2D eigenvalue weighted by Crippen LogP contribution is -2.43. The van der Waals surface area contributed by atoms with Crippen LogP contribution in [0, 0.1) is 5.41 Å². The number of hydrogen-bond acceptors (Lipinski definition) is 5. The number of hydrogen-bond donors (Lipinski definition) is 1. The van der Waals surface area contributed by atoms with Gasteiger partial charge in [-0.05, 0) is 19.9 Å². The fraction of sp³-hybridized carbons (Fsp3) is 0.909. The molecule has 1 fully saturated rings. The first-order valence-corrected chi connectivity index (χ1v) is 5.71. The van der Waals surface area contributed by atoms with Crippen molar-refractivity contribution >= 4 is 5.97 Å². The Morgan fingerprint density at radius 1 is 1.50 bits per heavy atom. The van der Waals surface area contributed by atoms with Crippen LogP contribution in [-0.2, 0) is 14.3 Å². The maximum Gasteiger partial charge on any atom is 0.312 e. The normalized spacial score (nSPS) is 21.4. The molecule has 0 aromatic heterocycles. The number of carbonyl (C=O) groups is 1. The summed E-state index contributed by atoms with van der Waals surface area (Å²) in [7, 11) is 1.41. The van der Waals surface area contributed by atoms with Crippen LogP contribution >= 0.6 is 0 Å². The van der Waals surface area contributed by atoms with E-state index >= 15 is 0 Å². The van der Waals surface area contributed by atoms with E-state index in [1.807, 2.05) is 6.92 Å². The van der Waals surface area contributed by atoms with Crippen LogP contribution in [0.15, 0.2) is 0 Å². The van der Waals surface area contributed by atoms with E-state index in [1.165, 1.54) is 7.11 Å². The summed E-state index contributed by atoms with van der Waals surface area (Å²) in [6.07, 6.45) is 0.732. The molecule has 0 bridgehead atoms. The molecule has 94 valence electrons. The Morgan fingerprint density at radius 3 is 2.62 bits per heavy atom. The minimum atomic E-state index is -0.562. The largest absolute Gasteiger partial charge is 0.469 e. The Morgan fingerprint density at radius 2 is 2.12 bits per heavy atom. The summed E-state index contributed by atoms with van der Waals surface area (Å²) in [6, 6.07) is 0. The van der Waals surface area contributed by atoms with E-state index in [2.05, 4.69) is 4.90 Å². The van der Waals surface area contributed by atoms with Gasteiger partial charge in [0.1, 0.15) is 0 Å². The van der Waals surface area contributed by atoms with Crippen molar-refractivity contribution in [3.8, 4) is 0 Å². The van der Waals surface area contributed by atoms with Crippen molar-refractivity contribution in [3.05, 3.63) is 0 Å². The van der Waals surface area contributed by atoms with Gasteiger partial charge in [-0.3, -0.25) is 9.69 Å². The number of methoxy groups -OCH3 is 1. The molecule has 5 heteroatoms. The molecule has 0 aromatic carbocycles. The maximum absolute atomic E-state index is 11.6. The smallest absolute Gasteiger partial charge is 0.312 e. The lowest BCUT2D eigenvalue weighted by atomic mass is 9.86. The lowest BCUT2D eigenvalue weighted by molar-refractivity contribution is -0.151. The Labute approximate surface area is 96.9 Å². The second-order valence-electron chi connectivity index (χ2n) is 4.46. The molecule has 1 rings (SSSR count). The lowest BCUT2D eigenvalue weighted by Gasteiger charge is -2.31. The number of carbonyl (C=O) groups excluding carboxylic acids is 1. The van der Waals surface area contributed by atoms with Crippen molar-refractivity contribution in [2.45, 2.75) is 13.3 Å². The zero-order valence-corrected chi connectivity index (χ0v) is 10.2. The average molecular weight is 230 g/mol. The molecule has 0 aromatic rings. The highest BCUT2D eigenvalue weighted by molar-refractivity contribution is 5.76. The molecular formula is C11H22N2O3. The molecule has 5 nitrogen and oxygen atoms in total. The van der Waals surface area contributed by atoms with E-state index in [0.29, 0.717) is 6.54 Å². The number of nitrogens with two attached hydrogens (primary N) is 1. The van der Waals surface area contributed by atoms with E-state index in [1.54, 1.807) is 0 Å². The molecule has 0 aliphatic carbocycles. The van der Waals surface area contributed by atoms with Crippen molar-refractivity contribution in [3.63, 3.8) is 0 Å². The van der Waals surface area contributed by atoms with E-state index < -0.39 is 5.41 Å². The Kier molecular flexibility index (Phi) is 5.18. The zero-order chi connectivity index (χ0) is 12.0. The molecular weight excluding hydrogens is 208 g/mol. The van der Waals surface area contributed by atoms with Crippen LogP contribution in [-0.4, -0.2) is 57.4 Å². The predicted octanol–water partition coefficient (Wildman–Crippen LogP) is -0.153. The second kappa shape index (κ2) is 6.18. The molecule has 1 unspecified atom stereocenters. The van der Waals surface area contributed by atoms with Crippen LogP contribution < -0.4 is 5.73 Å². The van der Waals surface area contributed by atoms with Gasteiger partial charge in [0, 0.05) is 19.6 Å². The standard InChI is InChI=1S/C11H22N2O3/c1-11(9-12,10(14)15-2)3-4-13-5-7-16-8-6-13/h3-9,12H2,1-2H3. The van der Waals surface area contributed by atoms with Crippen LogP contribution in [0.4, 0.5) is 0 Å². The van der Waals surface area contributed by atoms with Crippen molar-refractivity contribution in [2.24, 2.45) is 11.1 Å². The number of nitrogens with zero attached hydrogens (tertiary/aromatic N) is 1. The molecule has 0 amide bonds. The molecule has 2 N–H and O–H groups in total. The van der Waals surface area contributed by atoms with Crippen LogP contribution in [0.2, 0.25) is 0 Å². The van der Waals surface area contributed by atoms with Gasteiger partial charge in [-0.15, -0.1) is 0 Å². The summed E-state index contributed by atoms with van der Waals surface area (Å²) in [4.78, 5) is 13.9. The summed E-state index contributed by atoms with van der Waals surface area (Å²) in [6.45, 7) is 6.47. The molecule has 1 heterocycles. The van der Waals surface area contributed by atoms with Crippen molar-refractivity contribution in [1.29, 1.82) is 0 Å². The quantitative estimate of drug-likeness (QED) is 0.665. The molecule has 0 saturated carbocycles. The minimum absolute atomic E-state index is 0.219. The van der Waals surface area contributed by atoms with Gasteiger partial charge >= 0.3 is 5.97 Å². The first-order chi connectivity index (χ1) is 7.62. The summed E-state index contributed by atoms with van der Waals surface area (Å²) >= 11 is 0. The number of morpholine rings is 1. The molecule has 0 radical (unpaired) electrons. The monoisotopic (exact) mass is 230 g/mol. The average Bonchev–Trinajstić information content (AvgIpc) is 2.36. The van der Waals surface area contributed by atoms with Gasteiger partial charge in [0.2, 0.25) is 0 Å². The van der Waals surface area contributed by atoms with E-state index in [4.69, 9.17) is 15.2 Å². The highest BCUT2D eigenvalue weighted by Gasteiger charge is 2.33. The summed E-state index contributed by atoms with van der Waals surface area (Å²) < 4.78 is 10.1. The van der Waals surface area contributed by atoms with Gasteiger partial charge in [-0.2, -0.15) is 0 Å². The van der Waals surface area contributed by atoms with Gasteiger partial charge in [0.05, 0.1) is 25.7 Å². The SMILES string of the molecule is COC(=O)C(C)(CN)CCN1CCOCC1. The van der Waals surface area contributed by atoms with Crippen molar-refractivity contribution in [1.82, 2.24) is 4.90 Å². The van der Waals surface area contributed by atoms with Crippen LogP contribution in [0.25, 0.3) is 0 Å². The maximum atomic E-state index is 11.6. The second-order valence-corrected chi connectivity index (χ2v) is 4.46. The van der Waals surface area contributed by atoms with Crippen LogP contribution in [0.3, 0.4) is 0 Å². The Balaban J connectivity index is 2.40. The van der Waals surface area contributed by atoms with Gasteiger partial charge in [0.15, 0.2) is 0 Å². The Bertz CT molecular complexity index is 229.